The minimum atomic E-state index is -0.959. The van der Waals surface area contributed by atoms with Crippen LogP contribution in [0.2, 0.25) is 0 Å². The Labute approximate surface area is 108 Å². The van der Waals surface area contributed by atoms with E-state index in [-0.39, 0.29) is 13.0 Å². The molecule has 2 aromatic rings. The zero-order chi connectivity index (χ0) is 14.0. The van der Waals surface area contributed by atoms with Crippen molar-refractivity contribution in [3.8, 4) is 0 Å². The Bertz CT molecular complexity index is 658. The van der Waals surface area contributed by atoms with Crippen molar-refractivity contribution in [3.63, 3.8) is 0 Å². The van der Waals surface area contributed by atoms with E-state index >= 15 is 0 Å². The molecule has 0 atom stereocenters. The number of hydrogen-bond donors (Lipinski definition) is 1. The maximum atomic E-state index is 11.9. The van der Waals surface area contributed by atoms with Gasteiger partial charge in [-0.15, -0.1) is 0 Å². The van der Waals surface area contributed by atoms with E-state index in [1.807, 2.05) is 0 Å². The molecule has 100 valence electrons. The second-order valence-electron chi connectivity index (χ2n) is 4.19. The van der Waals surface area contributed by atoms with E-state index in [0.29, 0.717) is 22.6 Å². The minimum absolute atomic E-state index is 0.163. The summed E-state index contributed by atoms with van der Waals surface area (Å²) in [5.41, 5.74) is 1.74. The number of carboxylic acid groups (broad SMARTS) is 1. The van der Waals surface area contributed by atoms with Gasteiger partial charge in [-0.25, -0.2) is 4.79 Å². The Hall–Kier alpha value is -2.44. The Kier molecular flexibility index (Phi) is 3.46. The highest BCUT2D eigenvalue weighted by atomic mass is 16.5. The van der Waals surface area contributed by atoms with Gasteiger partial charge >= 0.3 is 11.7 Å². The molecule has 2 aromatic heterocycles. The summed E-state index contributed by atoms with van der Waals surface area (Å²) in [5, 5.41) is 12.6. The summed E-state index contributed by atoms with van der Waals surface area (Å²) in [4.78, 5) is 26.6. The highest BCUT2D eigenvalue weighted by molar-refractivity contribution is 5.70. The molecule has 0 aliphatic rings. The van der Waals surface area contributed by atoms with E-state index in [1.54, 1.807) is 19.9 Å². The molecule has 7 heteroatoms. The topological polar surface area (TPSA) is 98.2 Å². The van der Waals surface area contributed by atoms with Crippen molar-refractivity contribution in [2.45, 2.75) is 26.8 Å². The molecule has 0 aliphatic heterocycles. The monoisotopic (exact) mass is 263 g/mol. The van der Waals surface area contributed by atoms with Crippen molar-refractivity contribution >= 4 is 5.97 Å². The molecule has 0 saturated heterocycles. The Balaban J connectivity index is 2.48. The van der Waals surface area contributed by atoms with Crippen LogP contribution in [0.5, 0.6) is 0 Å². The van der Waals surface area contributed by atoms with Crippen molar-refractivity contribution in [1.82, 2.24) is 14.7 Å². The van der Waals surface area contributed by atoms with E-state index in [9.17, 15) is 9.59 Å². The van der Waals surface area contributed by atoms with Gasteiger partial charge in [-0.2, -0.15) is 4.98 Å². The first-order valence-electron chi connectivity index (χ1n) is 5.67. The van der Waals surface area contributed by atoms with Crippen LogP contribution >= 0.6 is 0 Å². The highest BCUT2D eigenvalue weighted by Gasteiger charge is 2.14. The second-order valence-corrected chi connectivity index (χ2v) is 4.19. The largest absolute Gasteiger partial charge is 0.481 e. The molecule has 0 unspecified atom stereocenters. The average molecular weight is 263 g/mol. The fourth-order valence-electron chi connectivity index (χ4n) is 1.91. The number of carboxylic acids is 1. The SMILES string of the molecule is Cc1nc(=O)n(Cc2ccon2)c(C)c1CC(=O)O. The fourth-order valence-corrected chi connectivity index (χ4v) is 1.91. The van der Waals surface area contributed by atoms with E-state index in [2.05, 4.69) is 10.1 Å². The van der Waals surface area contributed by atoms with Crippen LogP contribution in [-0.2, 0) is 17.8 Å². The number of carbonyl (C=O) groups is 1. The summed E-state index contributed by atoms with van der Waals surface area (Å²) in [6.45, 7) is 3.54. The maximum absolute atomic E-state index is 11.9. The first-order chi connectivity index (χ1) is 8.99. The van der Waals surface area contributed by atoms with Crippen LogP contribution in [0.3, 0.4) is 0 Å². The van der Waals surface area contributed by atoms with Gasteiger partial charge < -0.3 is 9.63 Å². The highest BCUT2D eigenvalue weighted by Crippen LogP contribution is 2.11. The number of hydrogen-bond acceptors (Lipinski definition) is 5. The fraction of sp³-hybridized carbons (Fsp3) is 0.333. The normalized spacial score (nSPS) is 10.6. The van der Waals surface area contributed by atoms with E-state index < -0.39 is 11.7 Å². The Morgan fingerprint density at radius 2 is 2.21 bits per heavy atom. The van der Waals surface area contributed by atoms with Crippen molar-refractivity contribution < 1.29 is 14.4 Å². The lowest BCUT2D eigenvalue weighted by molar-refractivity contribution is -0.136. The summed E-state index contributed by atoms with van der Waals surface area (Å²) in [5.74, 6) is -0.959. The molecule has 7 nitrogen and oxygen atoms in total. The summed E-state index contributed by atoms with van der Waals surface area (Å²) in [7, 11) is 0. The zero-order valence-electron chi connectivity index (χ0n) is 10.6. The smallest absolute Gasteiger partial charge is 0.348 e. The zero-order valence-corrected chi connectivity index (χ0v) is 10.6. The summed E-state index contributed by atoms with van der Waals surface area (Å²) in [6.07, 6.45) is 1.25. The lowest BCUT2D eigenvalue weighted by atomic mass is 10.1. The standard InChI is InChI=1S/C12H13N3O4/c1-7-10(5-11(16)17)8(2)15(12(18)13-7)6-9-3-4-19-14-9/h3-4H,5-6H2,1-2H3,(H,16,17). The van der Waals surface area contributed by atoms with E-state index in [4.69, 9.17) is 9.63 Å². The van der Waals surface area contributed by atoms with Gasteiger partial charge in [0.2, 0.25) is 0 Å². The van der Waals surface area contributed by atoms with Crippen LogP contribution in [-0.4, -0.2) is 25.8 Å². The third-order valence-electron chi connectivity index (χ3n) is 2.91. The lowest BCUT2D eigenvalue weighted by Crippen LogP contribution is -2.29. The molecule has 0 aromatic carbocycles. The molecular formula is C12H13N3O4. The van der Waals surface area contributed by atoms with Crippen LogP contribution < -0.4 is 5.69 Å². The van der Waals surface area contributed by atoms with Gasteiger partial charge in [-0.3, -0.25) is 9.36 Å². The molecule has 2 heterocycles. The molecule has 2 rings (SSSR count). The molecule has 1 N–H and O–H groups in total. The molecule has 0 aliphatic carbocycles. The third kappa shape index (κ3) is 2.70. The number of aliphatic carboxylic acids is 1. The molecule has 0 spiro atoms. The van der Waals surface area contributed by atoms with E-state index in [1.165, 1.54) is 10.8 Å². The predicted molar refractivity (Wildman–Crippen MR) is 64.9 cm³/mol. The molecule has 0 bridgehead atoms. The number of rotatable bonds is 4. The number of aryl methyl sites for hydroxylation is 1. The minimum Gasteiger partial charge on any atom is -0.481 e. The Morgan fingerprint density at radius 3 is 2.79 bits per heavy atom. The third-order valence-corrected chi connectivity index (χ3v) is 2.91. The van der Waals surface area contributed by atoms with Gasteiger partial charge in [-0.05, 0) is 13.8 Å². The summed E-state index contributed by atoms with van der Waals surface area (Å²) < 4.78 is 6.10. The van der Waals surface area contributed by atoms with Gasteiger partial charge in [-0.1, -0.05) is 5.16 Å². The summed E-state index contributed by atoms with van der Waals surface area (Å²) in [6, 6.07) is 1.64. The van der Waals surface area contributed by atoms with Crippen LogP contribution in [0.4, 0.5) is 0 Å². The molecule has 0 fully saturated rings. The van der Waals surface area contributed by atoms with Gasteiger partial charge in [0.15, 0.2) is 0 Å². The number of nitrogens with zero attached hydrogens (tertiary/aromatic N) is 3. The van der Waals surface area contributed by atoms with Gasteiger partial charge in [0, 0.05) is 23.0 Å². The summed E-state index contributed by atoms with van der Waals surface area (Å²) >= 11 is 0. The maximum Gasteiger partial charge on any atom is 0.348 e. The van der Waals surface area contributed by atoms with Crippen molar-refractivity contribution in [2.24, 2.45) is 0 Å². The van der Waals surface area contributed by atoms with E-state index in [0.717, 1.165) is 0 Å². The van der Waals surface area contributed by atoms with Crippen LogP contribution in [0.25, 0.3) is 0 Å². The van der Waals surface area contributed by atoms with Gasteiger partial charge in [0.05, 0.1) is 13.0 Å². The first kappa shape index (κ1) is 13.0. The average Bonchev–Trinajstić information content (AvgIpc) is 2.82. The van der Waals surface area contributed by atoms with Crippen LogP contribution in [0, 0.1) is 13.8 Å². The van der Waals surface area contributed by atoms with Crippen molar-refractivity contribution in [2.75, 3.05) is 0 Å². The molecule has 0 radical (unpaired) electrons. The van der Waals surface area contributed by atoms with Crippen molar-refractivity contribution in [3.05, 3.63) is 45.5 Å². The van der Waals surface area contributed by atoms with Crippen molar-refractivity contribution in [1.29, 1.82) is 0 Å². The predicted octanol–water partition coefficient (Wildman–Crippen LogP) is 0.524. The van der Waals surface area contributed by atoms with Crippen LogP contribution in [0.1, 0.15) is 22.6 Å². The molecule has 0 saturated carbocycles. The van der Waals surface area contributed by atoms with Gasteiger partial charge in [0.1, 0.15) is 12.0 Å². The lowest BCUT2D eigenvalue weighted by Gasteiger charge is -2.13. The van der Waals surface area contributed by atoms with Crippen LogP contribution in [0.15, 0.2) is 21.6 Å². The number of aromatic nitrogens is 3. The first-order valence-corrected chi connectivity index (χ1v) is 5.67. The molecule has 19 heavy (non-hydrogen) atoms. The second kappa shape index (κ2) is 5.05. The molecule has 0 amide bonds. The Morgan fingerprint density at radius 1 is 1.47 bits per heavy atom. The van der Waals surface area contributed by atoms with Gasteiger partial charge in [0.25, 0.3) is 0 Å². The quantitative estimate of drug-likeness (QED) is 0.863. The molecular weight excluding hydrogens is 250 g/mol.